The van der Waals surface area contributed by atoms with Crippen molar-refractivity contribution in [2.45, 2.75) is 0 Å². The number of hydrogen-bond donors (Lipinski definition) is 0. The Bertz CT molecular complexity index is 1260. The summed E-state index contributed by atoms with van der Waals surface area (Å²) in [5.74, 6) is -0.261. The van der Waals surface area contributed by atoms with Crippen LogP contribution in [0.1, 0.15) is 0 Å². The highest BCUT2D eigenvalue weighted by atomic mass is 19.1. The average molecular weight is 365 g/mol. The molecular formula is C24H16FN3. The molecule has 0 atom stereocenters. The molecule has 0 saturated carbocycles. The normalized spacial score (nSPS) is 11.0. The van der Waals surface area contributed by atoms with Crippen LogP contribution in [-0.4, -0.2) is 14.8 Å². The van der Waals surface area contributed by atoms with E-state index in [0.717, 1.165) is 39.2 Å². The van der Waals surface area contributed by atoms with Gasteiger partial charge in [-0.05, 0) is 42.5 Å². The number of fused-ring (bicyclic) bond motifs is 1. The smallest absolute Gasteiger partial charge is 0.123 e. The molecule has 0 aliphatic heterocycles. The van der Waals surface area contributed by atoms with Crippen molar-refractivity contribution in [1.82, 2.24) is 14.8 Å². The quantitative estimate of drug-likeness (QED) is 0.399. The standard InChI is InChI=1S/C24H16FN3/c25-19-12-14-21-18(15-19)11-13-22(26-21)24-16-23(17-7-3-1-4-8-17)27-28(24)20-9-5-2-6-10-20/h1-16H. The Balaban J connectivity index is 1.71. The van der Waals surface area contributed by atoms with Crippen molar-refractivity contribution in [3.8, 4) is 28.3 Å². The summed E-state index contributed by atoms with van der Waals surface area (Å²) in [7, 11) is 0. The van der Waals surface area contributed by atoms with E-state index in [-0.39, 0.29) is 5.82 Å². The van der Waals surface area contributed by atoms with Crippen molar-refractivity contribution < 1.29 is 4.39 Å². The summed E-state index contributed by atoms with van der Waals surface area (Å²) in [5.41, 5.74) is 5.30. The first-order valence-electron chi connectivity index (χ1n) is 9.05. The Morgan fingerprint density at radius 1 is 0.679 bits per heavy atom. The lowest BCUT2D eigenvalue weighted by atomic mass is 10.1. The fourth-order valence-electron chi connectivity index (χ4n) is 3.32. The zero-order chi connectivity index (χ0) is 18.9. The van der Waals surface area contributed by atoms with E-state index in [1.54, 1.807) is 6.07 Å². The van der Waals surface area contributed by atoms with Crippen molar-refractivity contribution in [2.24, 2.45) is 0 Å². The number of halogens is 1. The van der Waals surface area contributed by atoms with Crippen LogP contribution in [-0.2, 0) is 0 Å². The fraction of sp³-hybridized carbons (Fsp3) is 0. The van der Waals surface area contributed by atoms with Gasteiger partial charge in [0.05, 0.1) is 28.3 Å². The third kappa shape index (κ3) is 2.95. The van der Waals surface area contributed by atoms with E-state index >= 15 is 0 Å². The predicted octanol–water partition coefficient (Wildman–Crippen LogP) is 5.89. The summed E-state index contributed by atoms with van der Waals surface area (Å²) in [6.07, 6.45) is 0. The van der Waals surface area contributed by atoms with E-state index in [1.807, 2.05) is 83.5 Å². The third-order valence-electron chi connectivity index (χ3n) is 4.69. The van der Waals surface area contributed by atoms with E-state index < -0.39 is 0 Å². The molecule has 4 heteroatoms. The molecule has 5 rings (SSSR count). The molecule has 2 aromatic heterocycles. The van der Waals surface area contributed by atoms with Crippen LogP contribution in [0.4, 0.5) is 4.39 Å². The van der Waals surface area contributed by atoms with Crippen LogP contribution in [0.25, 0.3) is 39.2 Å². The highest BCUT2D eigenvalue weighted by Gasteiger charge is 2.14. The van der Waals surface area contributed by atoms with Gasteiger partial charge >= 0.3 is 0 Å². The lowest BCUT2D eigenvalue weighted by molar-refractivity contribution is 0.629. The number of nitrogens with zero attached hydrogens (tertiary/aromatic N) is 3. The molecule has 0 spiro atoms. The number of hydrogen-bond acceptors (Lipinski definition) is 2. The molecule has 0 fully saturated rings. The summed E-state index contributed by atoms with van der Waals surface area (Å²) in [5, 5.41) is 5.61. The molecule has 0 saturated heterocycles. The molecule has 0 aliphatic carbocycles. The molecule has 3 aromatic carbocycles. The molecule has 0 bridgehead atoms. The fourth-order valence-corrected chi connectivity index (χ4v) is 3.32. The first kappa shape index (κ1) is 16.4. The Labute approximate surface area is 161 Å². The Kier molecular flexibility index (Phi) is 3.95. The second-order valence-electron chi connectivity index (χ2n) is 6.56. The van der Waals surface area contributed by atoms with Gasteiger partial charge in [0, 0.05) is 10.9 Å². The van der Waals surface area contributed by atoms with E-state index in [9.17, 15) is 4.39 Å². The van der Waals surface area contributed by atoms with Crippen LogP contribution in [0, 0.1) is 5.82 Å². The molecule has 5 aromatic rings. The number of rotatable bonds is 3. The largest absolute Gasteiger partial charge is 0.246 e. The van der Waals surface area contributed by atoms with Gasteiger partial charge in [0.25, 0.3) is 0 Å². The van der Waals surface area contributed by atoms with Crippen molar-refractivity contribution in [2.75, 3.05) is 0 Å². The molecular weight excluding hydrogens is 349 g/mol. The highest BCUT2D eigenvalue weighted by molar-refractivity contribution is 5.82. The zero-order valence-electron chi connectivity index (χ0n) is 15.0. The van der Waals surface area contributed by atoms with Gasteiger partial charge in [-0.15, -0.1) is 0 Å². The second-order valence-corrected chi connectivity index (χ2v) is 6.56. The molecule has 0 amide bonds. The van der Waals surface area contributed by atoms with E-state index in [1.165, 1.54) is 12.1 Å². The number of benzene rings is 3. The van der Waals surface area contributed by atoms with Crippen molar-refractivity contribution >= 4 is 10.9 Å². The van der Waals surface area contributed by atoms with Crippen LogP contribution < -0.4 is 0 Å². The maximum Gasteiger partial charge on any atom is 0.123 e. The third-order valence-corrected chi connectivity index (χ3v) is 4.69. The van der Waals surface area contributed by atoms with Crippen LogP contribution >= 0.6 is 0 Å². The van der Waals surface area contributed by atoms with Crippen LogP contribution in [0.5, 0.6) is 0 Å². The van der Waals surface area contributed by atoms with Crippen molar-refractivity contribution in [3.63, 3.8) is 0 Å². The average Bonchev–Trinajstić information content (AvgIpc) is 3.20. The lowest BCUT2D eigenvalue weighted by Crippen LogP contribution is -2.00. The van der Waals surface area contributed by atoms with E-state index in [0.29, 0.717) is 0 Å². The molecule has 2 heterocycles. The van der Waals surface area contributed by atoms with Crippen LogP contribution in [0.15, 0.2) is 97.1 Å². The van der Waals surface area contributed by atoms with Gasteiger partial charge in [-0.2, -0.15) is 5.10 Å². The first-order valence-corrected chi connectivity index (χ1v) is 9.05. The maximum absolute atomic E-state index is 13.5. The maximum atomic E-state index is 13.5. The Hall–Kier alpha value is -3.79. The lowest BCUT2D eigenvalue weighted by Gasteiger charge is -2.08. The minimum absolute atomic E-state index is 0.261. The van der Waals surface area contributed by atoms with Gasteiger partial charge < -0.3 is 0 Å². The number of aromatic nitrogens is 3. The van der Waals surface area contributed by atoms with Gasteiger partial charge in [-0.1, -0.05) is 54.6 Å². The van der Waals surface area contributed by atoms with Gasteiger partial charge in [0.1, 0.15) is 5.82 Å². The van der Waals surface area contributed by atoms with Crippen LogP contribution in [0.3, 0.4) is 0 Å². The molecule has 28 heavy (non-hydrogen) atoms. The monoisotopic (exact) mass is 365 g/mol. The molecule has 0 radical (unpaired) electrons. The summed E-state index contributed by atoms with van der Waals surface area (Å²) in [6, 6.07) is 30.5. The minimum atomic E-state index is -0.261. The van der Waals surface area contributed by atoms with Gasteiger partial charge in [0.2, 0.25) is 0 Å². The Morgan fingerprint density at radius 2 is 1.43 bits per heavy atom. The summed E-state index contributed by atoms with van der Waals surface area (Å²) in [4.78, 5) is 4.75. The van der Waals surface area contributed by atoms with E-state index in [4.69, 9.17) is 10.1 Å². The molecule has 134 valence electrons. The SMILES string of the molecule is Fc1ccc2nc(-c3cc(-c4ccccc4)nn3-c3ccccc3)ccc2c1. The molecule has 0 unspecified atom stereocenters. The van der Waals surface area contributed by atoms with Gasteiger partial charge in [0.15, 0.2) is 0 Å². The number of pyridine rings is 1. The molecule has 0 aliphatic rings. The van der Waals surface area contributed by atoms with E-state index in [2.05, 4.69) is 0 Å². The topological polar surface area (TPSA) is 30.7 Å². The molecule has 0 N–H and O–H groups in total. The van der Waals surface area contributed by atoms with Gasteiger partial charge in [-0.3, -0.25) is 0 Å². The van der Waals surface area contributed by atoms with Crippen molar-refractivity contribution in [1.29, 1.82) is 0 Å². The minimum Gasteiger partial charge on any atom is -0.246 e. The summed E-state index contributed by atoms with van der Waals surface area (Å²) < 4.78 is 15.4. The van der Waals surface area contributed by atoms with Gasteiger partial charge in [-0.25, -0.2) is 14.1 Å². The Morgan fingerprint density at radius 3 is 2.21 bits per heavy atom. The first-order chi connectivity index (χ1) is 13.8. The zero-order valence-corrected chi connectivity index (χ0v) is 15.0. The molecule has 3 nitrogen and oxygen atoms in total. The number of para-hydroxylation sites is 1. The summed E-state index contributed by atoms with van der Waals surface area (Å²) >= 11 is 0. The van der Waals surface area contributed by atoms with Crippen molar-refractivity contribution in [3.05, 3.63) is 103 Å². The van der Waals surface area contributed by atoms with Crippen LogP contribution in [0.2, 0.25) is 0 Å². The predicted molar refractivity (Wildman–Crippen MR) is 110 cm³/mol. The highest BCUT2D eigenvalue weighted by Crippen LogP contribution is 2.29. The second kappa shape index (κ2) is 6.74. The summed E-state index contributed by atoms with van der Waals surface area (Å²) in [6.45, 7) is 0.